The highest BCUT2D eigenvalue weighted by Gasteiger charge is 2.43. The summed E-state index contributed by atoms with van der Waals surface area (Å²) >= 11 is 0. The average molecular weight is 401 g/mol. The number of hydrogen-bond donors (Lipinski definition) is 1. The Morgan fingerprint density at radius 1 is 1.17 bits per heavy atom. The molecule has 0 fully saturated rings. The quantitative estimate of drug-likeness (QED) is 0.705. The molecular weight excluding hydrogens is 387 g/mol. The van der Waals surface area contributed by atoms with Crippen molar-refractivity contribution in [2.75, 3.05) is 5.32 Å². The Kier molecular flexibility index (Phi) is 3.83. The summed E-state index contributed by atoms with van der Waals surface area (Å²) in [6.45, 7) is 0. The van der Waals surface area contributed by atoms with Crippen LogP contribution in [0.1, 0.15) is 41.9 Å². The van der Waals surface area contributed by atoms with Crippen LogP contribution in [0.3, 0.4) is 0 Å². The first kappa shape index (κ1) is 17.7. The van der Waals surface area contributed by atoms with Gasteiger partial charge in [0.1, 0.15) is 11.8 Å². The number of allylic oxidation sites excluding steroid dienone is 2. The van der Waals surface area contributed by atoms with Gasteiger partial charge in [-0.05, 0) is 36.2 Å². The van der Waals surface area contributed by atoms with Crippen LogP contribution >= 0.6 is 0 Å². The Hall–Kier alpha value is -3.43. The molecule has 4 heterocycles. The summed E-state index contributed by atoms with van der Waals surface area (Å²) in [7, 11) is 0. The lowest BCUT2D eigenvalue weighted by atomic mass is 9.80. The lowest BCUT2D eigenvalue weighted by Crippen LogP contribution is -2.33. The molecule has 3 aromatic heterocycles. The fraction of sp³-hybridized carbons (Fsp3) is 0.263. The molecule has 7 nitrogen and oxygen atoms in total. The number of ketones is 1. The van der Waals surface area contributed by atoms with Crippen molar-refractivity contribution in [1.82, 2.24) is 19.7 Å². The van der Waals surface area contributed by atoms with Gasteiger partial charge in [0.25, 0.3) is 5.82 Å². The molecule has 0 saturated heterocycles. The highest BCUT2D eigenvalue weighted by molar-refractivity contribution is 6.00. The van der Waals surface area contributed by atoms with E-state index >= 15 is 0 Å². The van der Waals surface area contributed by atoms with Crippen molar-refractivity contribution in [3.8, 4) is 0 Å². The minimum absolute atomic E-state index is 0.0502. The molecule has 0 saturated carbocycles. The summed E-state index contributed by atoms with van der Waals surface area (Å²) in [6.07, 6.45) is 0.506. The molecule has 0 radical (unpaired) electrons. The molecule has 0 amide bonds. The Labute approximate surface area is 162 Å². The van der Waals surface area contributed by atoms with Gasteiger partial charge in [-0.3, -0.25) is 9.78 Å². The van der Waals surface area contributed by atoms with E-state index in [9.17, 15) is 18.0 Å². The van der Waals surface area contributed by atoms with Gasteiger partial charge in [-0.2, -0.15) is 18.2 Å². The van der Waals surface area contributed by atoms with Crippen LogP contribution in [0.5, 0.6) is 0 Å². The monoisotopic (exact) mass is 401 g/mol. The predicted molar refractivity (Wildman–Crippen MR) is 93.7 cm³/mol. The number of halogens is 3. The molecule has 1 aliphatic heterocycles. The first-order chi connectivity index (χ1) is 13.9. The molecule has 0 aromatic carbocycles. The third kappa shape index (κ3) is 2.91. The first-order valence-corrected chi connectivity index (χ1v) is 8.92. The van der Waals surface area contributed by atoms with Gasteiger partial charge in [-0.1, -0.05) is 0 Å². The molecule has 1 aliphatic carbocycles. The molecule has 2 atom stereocenters. The predicted octanol–water partition coefficient (Wildman–Crippen LogP) is 3.70. The summed E-state index contributed by atoms with van der Waals surface area (Å²) in [5, 5.41) is 6.57. The topological polar surface area (TPSA) is 85.8 Å². The molecule has 148 valence electrons. The third-order valence-corrected chi connectivity index (χ3v) is 5.14. The smallest absolute Gasteiger partial charge is 0.453 e. The number of hydrogen-bond acceptors (Lipinski definition) is 6. The summed E-state index contributed by atoms with van der Waals surface area (Å²) in [4.78, 5) is 20.7. The molecule has 2 aliphatic rings. The number of anilines is 1. The number of carbonyl (C=O) groups is 1. The van der Waals surface area contributed by atoms with Crippen molar-refractivity contribution in [1.29, 1.82) is 0 Å². The maximum absolute atomic E-state index is 13.2. The first-order valence-electron chi connectivity index (χ1n) is 8.92. The van der Waals surface area contributed by atoms with E-state index in [1.807, 2.05) is 0 Å². The summed E-state index contributed by atoms with van der Waals surface area (Å²) < 4.78 is 46.3. The number of pyridine rings is 1. The third-order valence-electron chi connectivity index (χ3n) is 5.14. The zero-order chi connectivity index (χ0) is 20.2. The van der Waals surface area contributed by atoms with Gasteiger partial charge in [-0.15, -0.1) is 5.10 Å². The van der Waals surface area contributed by atoms with Crippen LogP contribution in [0.4, 0.5) is 19.1 Å². The number of rotatable bonds is 2. The van der Waals surface area contributed by atoms with Crippen molar-refractivity contribution in [3.63, 3.8) is 0 Å². The number of Topliss-reactive ketones (excluding diaryl/α,β-unsaturated/α-hetero) is 1. The van der Waals surface area contributed by atoms with Crippen LogP contribution in [-0.2, 0) is 11.0 Å². The highest BCUT2D eigenvalue weighted by atomic mass is 19.4. The van der Waals surface area contributed by atoms with Crippen LogP contribution in [-0.4, -0.2) is 25.5 Å². The number of nitrogens with zero attached hydrogens (tertiary/aromatic N) is 4. The zero-order valence-electron chi connectivity index (χ0n) is 14.8. The molecule has 1 N–H and O–H groups in total. The minimum Gasteiger partial charge on any atom is -0.469 e. The lowest BCUT2D eigenvalue weighted by molar-refractivity contribution is -0.145. The Morgan fingerprint density at radius 2 is 1.97 bits per heavy atom. The van der Waals surface area contributed by atoms with Crippen LogP contribution in [0, 0.1) is 0 Å². The Balaban J connectivity index is 1.64. The zero-order valence-corrected chi connectivity index (χ0v) is 14.8. The standard InChI is InChI=1S/C19H14F3N5O2/c20-19(21,22)17-25-18-24-12-8-11(14-2-1-7-29-14)9-13(28)15(12)16(27(18)26-17)10-3-5-23-6-4-10/h1-7,11,16H,8-9H2,(H,24,25,26)/t11-,16-/m0/s1. The lowest BCUT2D eigenvalue weighted by Gasteiger charge is -2.34. The van der Waals surface area contributed by atoms with Gasteiger partial charge < -0.3 is 9.73 Å². The molecule has 29 heavy (non-hydrogen) atoms. The summed E-state index contributed by atoms with van der Waals surface area (Å²) in [6, 6.07) is 6.04. The number of aromatic nitrogens is 4. The fourth-order valence-corrected chi connectivity index (χ4v) is 3.91. The highest BCUT2D eigenvalue weighted by Crippen LogP contribution is 2.44. The number of fused-ring (bicyclic) bond motifs is 1. The van der Waals surface area contributed by atoms with Crippen LogP contribution in [0.15, 0.2) is 58.6 Å². The van der Waals surface area contributed by atoms with Crippen LogP contribution in [0.25, 0.3) is 0 Å². The maximum atomic E-state index is 13.2. The minimum atomic E-state index is -4.70. The van der Waals surface area contributed by atoms with Crippen molar-refractivity contribution >= 4 is 11.7 Å². The van der Waals surface area contributed by atoms with Gasteiger partial charge in [0.15, 0.2) is 5.78 Å². The van der Waals surface area contributed by atoms with E-state index in [-0.39, 0.29) is 24.1 Å². The second kappa shape index (κ2) is 6.29. The largest absolute Gasteiger partial charge is 0.469 e. The van der Waals surface area contributed by atoms with Crippen molar-refractivity contribution in [3.05, 3.63) is 71.3 Å². The molecule has 0 bridgehead atoms. The van der Waals surface area contributed by atoms with Crippen molar-refractivity contribution < 1.29 is 22.4 Å². The molecule has 10 heteroatoms. The second-order valence-electron chi connectivity index (χ2n) is 6.95. The molecule has 0 spiro atoms. The van der Waals surface area contributed by atoms with E-state index in [1.54, 1.807) is 24.3 Å². The number of carbonyl (C=O) groups excluding carboxylic acids is 1. The SMILES string of the molecule is O=C1C[C@@H](c2ccco2)CC2=C1[C@H](c1ccncc1)n1nc(C(F)(F)F)nc1N2. The van der Waals surface area contributed by atoms with Gasteiger partial charge >= 0.3 is 6.18 Å². The fourth-order valence-electron chi connectivity index (χ4n) is 3.91. The van der Waals surface area contributed by atoms with E-state index in [2.05, 4.69) is 20.4 Å². The summed E-state index contributed by atoms with van der Waals surface area (Å²) in [5.41, 5.74) is 1.54. The molecule has 3 aromatic rings. The van der Waals surface area contributed by atoms with E-state index in [1.165, 1.54) is 18.7 Å². The van der Waals surface area contributed by atoms with Crippen LogP contribution < -0.4 is 5.32 Å². The maximum Gasteiger partial charge on any atom is 0.453 e. The number of alkyl halides is 3. The van der Waals surface area contributed by atoms with E-state index in [0.29, 0.717) is 29.0 Å². The van der Waals surface area contributed by atoms with E-state index < -0.39 is 18.0 Å². The van der Waals surface area contributed by atoms with Gasteiger partial charge in [0.05, 0.1) is 6.26 Å². The Morgan fingerprint density at radius 3 is 2.66 bits per heavy atom. The normalized spacial score (nSPS) is 21.6. The van der Waals surface area contributed by atoms with E-state index in [0.717, 1.165) is 4.68 Å². The second-order valence-corrected chi connectivity index (χ2v) is 6.95. The van der Waals surface area contributed by atoms with E-state index in [4.69, 9.17) is 4.42 Å². The Bertz CT molecular complexity index is 1100. The van der Waals surface area contributed by atoms with Gasteiger partial charge in [0.2, 0.25) is 5.95 Å². The number of nitrogens with one attached hydrogen (secondary N) is 1. The van der Waals surface area contributed by atoms with Crippen molar-refractivity contribution in [2.24, 2.45) is 0 Å². The van der Waals surface area contributed by atoms with Gasteiger partial charge in [0, 0.05) is 36.0 Å². The van der Waals surface area contributed by atoms with Gasteiger partial charge in [-0.25, -0.2) is 4.68 Å². The van der Waals surface area contributed by atoms with Crippen LogP contribution in [0.2, 0.25) is 0 Å². The molecular formula is C19H14F3N5O2. The number of furan rings is 1. The molecule has 5 rings (SSSR count). The van der Waals surface area contributed by atoms with Crippen molar-refractivity contribution in [2.45, 2.75) is 31.0 Å². The summed E-state index contributed by atoms with van der Waals surface area (Å²) in [5.74, 6) is -1.01. The molecule has 0 unspecified atom stereocenters. The average Bonchev–Trinajstić information content (AvgIpc) is 3.36.